The zero-order valence-electron chi connectivity index (χ0n) is 13.1. The number of nitrogens with zero attached hydrogens (tertiary/aromatic N) is 2. The van der Waals surface area contributed by atoms with E-state index in [-0.39, 0.29) is 10.8 Å². The Morgan fingerprint density at radius 2 is 1.79 bits per heavy atom. The van der Waals surface area contributed by atoms with Gasteiger partial charge in [0, 0.05) is 16.1 Å². The third-order valence-corrected chi connectivity index (χ3v) is 4.20. The molecule has 0 atom stereocenters. The number of carbonyl (C=O) groups is 1. The molecule has 6 heteroatoms. The van der Waals surface area contributed by atoms with E-state index in [1.165, 1.54) is 10.9 Å². The van der Waals surface area contributed by atoms with Crippen molar-refractivity contribution in [3.8, 4) is 5.75 Å². The quantitative estimate of drug-likeness (QED) is 0.622. The van der Waals surface area contributed by atoms with E-state index in [0.717, 1.165) is 5.56 Å². The van der Waals surface area contributed by atoms with Gasteiger partial charge in [-0.25, -0.2) is 0 Å². The zero-order valence-corrected chi connectivity index (χ0v) is 14.6. The summed E-state index contributed by atoms with van der Waals surface area (Å²) in [6.45, 7) is 3.64. The first-order valence-electron chi connectivity index (χ1n) is 7.26. The number of benzene rings is 2. The Morgan fingerprint density at radius 1 is 1.08 bits per heavy atom. The second-order valence-electron chi connectivity index (χ2n) is 5.29. The van der Waals surface area contributed by atoms with Crippen LogP contribution >= 0.6 is 23.2 Å². The van der Waals surface area contributed by atoms with Crippen LogP contribution in [-0.4, -0.2) is 15.7 Å². The van der Waals surface area contributed by atoms with Crippen LogP contribution in [0, 0.1) is 13.8 Å². The zero-order chi connectivity index (χ0) is 17.3. The Morgan fingerprint density at radius 3 is 2.46 bits per heavy atom. The van der Waals surface area contributed by atoms with Gasteiger partial charge >= 0.3 is 0 Å². The second-order valence-corrected chi connectivity index (χ2v) is 6.13. The van der Waals surface area contributed by atoms with Crippen molar-refractivity contribution in [3.63, 3.8) is 0 Å². The van der Waals surface area contributed by atoms with Gasteiger partial charge in [0.2, 0.25) is 5.78 Å². The van der Waals surface area contributed by atoms with E-state index in [0.29, 0.717) is 27.7 Å². The highest BCUT2D eigenvalue weighted by atomic mass is 35.5. The molecular weight excluding hydrogens is 347 g/mol. The lowest BCUT2D eigenvalue weighted by molar-refractivity contribution is 0.0979. The summed E-state index contributed by atoms with van der Waals surface area (Å²) in [7, 11) is 0. The summed E-state index contributed by atoms with van der Waals surface area (Å²) in [6.07, 6.45) is 0. The van der Waals surface area contributed by atoms with Gasteiger partial charge in [0.05, 0.1) is 10.7 Å². The first-order valence-corrected chi connectivity index (χ1v) is 8.02. The van der Waals surface area contributed by atoms with Crippen molar-refractivity contribution in [3.05, 3.63) is 81.1 Å². The molecule has 0 bridgehead atoms. The van der Waals surface area contributed by atoms with Crippen LogP contribution in [0.1, 0.15) is 27.3 Å². The van der Waals surface area contributed by atoms with Gasteiger partial charge in [-0.2, -0.15) is 0 Å². The van der Waals surface area contributed by atoms with Crippen molar-refractivity contribution in [2.75, 3.05) is 0 Å². The number of aromatic nitrogens is 2. The SMILES string of the molecule is Cc1nn(Oc2ccccc2)c(C(=O)c2ccc(Cl)cc2Cl)c1C. The Kier molecular flexibility index (Phi) is 4.60. The van der Waals surface area contributed by atoms with E-state index in [4.69, 9.17) is 28.0 Å². The minimum Gasteiger partial charge on any atom is -0.357 e. The third-order valence-electron chi connectivity index (χ3n) is 3.66. The molecule has 0 fully saturated rings. The van der Waals surface area contributed by atoms with Crippen molar-refractivity contribution in [1.82, 2.24) is 9.94 Å². The molecule has 24 heavy (non-hydrogen) atoms. The predicted molar refractivity (Wildman–Crippen MR) is 94.1 cm³/mol. The van der Waals surface area contributed by atoms with Gasteiger partial charge in [0.15, 0.2) is 11.4 Å². The van der Waals surface area contributed by atoms with Crippen molar-refractivity contribution < 1.29 is 9.63 Å². The summed E-state index contributed by atoms with van der Waals surface area (Å²) in [5.41, 5.74) is 2.13. The molecule has 0 aliphatic carbocycles. The van der Waals surface area contributed by atoms with Crippen LogP contribution in [0.15, 0.2) is 48.5 Å². The molecule has 3 aromatic rings. The predicted octanol–water partition coefficient (Wildman–Crippen LogP) is 4.88. The summed E-state index contributed by atoms with van der Waals surface area (Å²) in [4.78, 5) is 19.9. The van der Waals surface area contributed by atoms with Gasteiger partial charge in [-0.3, -0.25) is 4.79 Å². The number of hydrogen-bond donors (Lipinski definition) is 0. The number of aryl methyl sites for hydroxylation is 1. The van der Waals surface area contributed by atoms with Gasteiger partial charge < -0.3 is 4.84 Å². The van der Waals surface area contributed by atoms with Gasteiger partial charge in [-0.15, -0.1) is 5.10 Å². The first kappa shape index (κ1) is 16.6. The van der Waals surface area contributed by atoms with Gasteiger partial charge in [-0.05, 0) is 44.2 Å². The molecule has 0 amide bonds. The fraction of sp³-hybridized carbons (Fsp3) is 0.111. The summed E-state index contributed by atoms with van der Waals surface area (Å²) in [5, 5.41) is 5.06. The third kappa shape index (κ3) is 3.16. The molecule has 4 nitrogen and oxygen atoms in total. The Hall–Kier alpha value is -2.30. The van der Waals surface area contributed by atoms with Crippen molar-refractivity contribution >= 4 is 29.0 Å². The molecule has 122 valence electrons. The number of hydrogen-bond acceptors (Lipinski definition) is 3. The maximum atomic E-state index is 13.0. The fourth-order valence-corrected chi connectivity index (χ4v) is 2.78. The Labute approximate surface area is 149 Å². The molecular formula is C18H14Cl2N2O2. The van der Waals surface area contributed by atoms with Crippen LogP contribution in [0.5, 0.6) is 5.75 Å². The molecule has 0 radical (unpaired) electrons. The smallest absolute Gasteiger partial charge is 0.216 e. The summed E-state index contributed by atoms with van der Waals surface area (Å²) in [6, 6.07) is 13.9. The van der Waals surface area contributed by atoms with Crippen LogP contribution < -0.4 is 4.84 Å². The van der Waals surface area contributed by atoms with E-state index >= 15 is 0 Å². The maximum Gasteiger partial charge on any atom is 0.216 e. The molecule has 0 aliphatic rings. The highest BCUT2D eigenvalue weighted by Gasteiger charge is 2.24. The first-order chi connectivity index (χ1) is 11.5. The topological polar surface area (TPSA) is 44.1 Å². The number of halogens is 2. The summed E-state index contributed by atoms with van der Waals surface area (Å²) >= 11 is 12.1. The van der Waals surface area contributed by atoms with Crippen molar-refractivity contribution in [1.29, 1.82) is 0 Å². The monoisotopic (exact) mass is 360 g/mol. The number of ketones is 1. The normalized spacial score (nSPS) is 10.7. The lowest BCUT2D eigenvalue weighted by atomic mass is 10.0. The molecule has 0 saturated carbocycles. The molecule has 0 spiro atoms. The van der Waals surface area contributed by atoms with E-state index in [2.05, 4.69) is 5.10 Å². The van der Waals surface area contributed by atoms with Crippen LogP contribution in [-0.2, 0) is 0 Å². The van der Waals surface area contributed by atoms with Crippen LogP contribution in [0.4, 0.5) is 0 Å². The van der Waals surface area contributed by atoms with Gasteiger partial charge in [0.1, 0.15) is 0 Å². The number of rotatable bonds is 4. The fourth-order valence-electron chi connectivity index (χ4n) is 2.28. The average Bonchev–Trinajstić information content (AvgIpc) is 2.82. The molecule has 0 N–H and O–H groups in total. The van der Waals surface area contributed by atoms with Crippen molar-refractivity contribution in [2.45, 2.75) is 13.8 Å². The standard InChI is InChI=1S/C18H14Cl2N2O2/c1-11-12(2)21-22(24-14-6-4-3-5-7-14)17(11)18(23)15-9-8-13(19)10-16(15)20/h3-10H,1-2H3. The molecule has 0 unspecified atom stereocenters. The average molecular weight is 361 g/mol. The van der Waals surface area contributed by atoms with Crippen LogP contribution in [0.25, 0.3) is 0 Å². The van der Waals surface area contributed by atoms with E-state index in [1.54, 1.807) is 24.3 Å². The van der Waals surface area contributed by atoms with Crippen LogP contribution in [0.3, 0.4) is 0 Å². The van der Waals surface area contributed by atoms with E-state index in [1.807, 2.05) is 32.0 Å². The molecule has 1 aromatic heterocycles. The summed E-state index contributed by atoms with van der Waals surface area (Å²) < 4.78 is 0. The number of carbonyl (C=O) groups excluding carboxylic acids is 1. The van der Waals surface area contributed by atoms with Crippen molar-refractivity contribution in [2.24, 2.45) is 0 Å². The van der Waals surface area contributed by atoms with Gasteiger partial charge in [0.25, 0.3) is 0 Å². The maximum absolute atomic E-state index is 13.0. The minimum absolute atomic E-state index is 0.273. The van der Waals surface area contributed by atoms with Gasteiger partial charge in [-0.1, -0.05) is 46.2 Å². The van der Waals surface area contributed by atoms with E-state index in [9.17, 15) is 4.79 Å². The van der Waals surface area contributed by atoms with Crippen LogP contribution in [0.2, 0.25) is 10.0 Å². The lowest BCUT2D eigenvalue weighted by Crippen LogP contribution is -2.17. The highest BCUT2D eigenvalue weighted by molar-refractivity contribution is 6.37. The molecule has 0 aliphatic heterocycles. The highest BCUT2D eigenvalue weighted by Crippen LogP contribution is 2.26. The largest absolute Gasteiger partial charge is 0.357 e. The Balaban J connectivity index is 2.05. The number of para-hydroxylation sites is 1. The summed E-state index contributed by atoms with van der Waals surface area (Å²) in [5.74, 6) is 0.307. The molecule has 1 heterocycles. The molecule has 2 aromatic carbocycles. The second kappa shape index (κ2) is 6.67. The molecule has 3 rings (SSSR count). The van der Waals surface area contributed by atoms with E-state index < -0.39 is 0 Å². The molecule has 0 saturated heterocycles. The Bertz CT molecular complexity index is 905. The lowest BCUT2D eigenvalue weighted by Gasteiger charge is -2.09. The minimum atomic E-state index is -0.273.